The molecule has 128 valence electrons. The molecule has 0 aromatic heterocycles. The quantitative estimate of drug-likeness (QED) is 0.237. The third-order valence-corrected chi connectivity index (χ3v) is 5.30. The fourth-order valence-electron chi connectivity index (χ4n) is 2.49. The highest BCUT2D eigenvalue weighted by Crippen LogP contribution is 2.31. The van der Waals surface area contributed by atoms with Gasteiger partial charge in [0.05, 0.1) is 0 Å². The molecule has 10 nitrogen and oxygen atoms in total. The molecule has 1 aliphatic rings. The highest BCUT2D eigenvalue weighted by atomic mass is 32.2. The molecular formula is C10H23BN4O6S. The SMILES string of the molecule is NCCNS(=O)(=O)N1C[C@H](CCCB(O)O)[C@](N)(C(=O)O)C1. The van der Waals surface area contributed by atoms with Gasteiger partial charge < -0.3 is 26.6 Å². The molecule has 1 fully saturated rings. The van der Waals surface area contributed by atoms with Gasteiger partial charge in [-0.2, -0.15) is 12.7 Å². The van der Waals surface area contributed by atoms with Gasteiger partial charge in [0, 0.05) is 32.1 Å². The van der Waals surface area contributed by atoms with Crippen molar-refractivity contribution in [2.75, 3.05) is 26.2 Å². The van der Waals surface area contributed by atoms with Gasteiger partial charge in [-0.3, -0.25) is 4.79 Å². The number of rotatable bonds is 9. The Balaban J connectivity index is 2.81. The number of nitrogens with two attached hydrogens (primary N) is 2. The van der Waals surface area contributed by atoms with E-state index in [-0.39, 0.29) is 38.9 Å². The van der Waals surface area contributed by atoms with E-state index in [9.17, 15) is 18.3 Å². The second-order valence-corrected chi connectivity index (χ2v) is 7.19. The van der Waals surface area contributed by atoms with E-state index in [1.807, 2.05) is 0 Å². The Kier molecular flexibility index (Phi) is 6.74. The molecule has 0 spiro atoms. The normalized spacial score (nSPS) is 26.3. The maximum Gasteiger partial charge on any atom is 0.451 e. The summed E-state index contributed by atoms with van der Waals surface area (Å²) < 4.78 is 27.4. The first-order valence-corrected chi connectivity index (χ1v) is 8.40. The molecule has 0 bridgehead atoms. The lowest BCUT2D eigenvalue weighted by Crippen LogP contribution is -2.55. The smallest absolute Gasteiger partial charge is 0.451 e. The monoisotopic (exact) mass is 338 g/mol. The summed E-state index contributed by atoms with van der Waals surface area (Å²) in [6, 6.07) is 0. The number of nitrogens with one attached hydrogen (secondary N) is 1. The van der Waals surface area contributed by atoms with Crippen molar-refractivity contribution in [2.24, 2.45) is 17.4 Å². The number of aliphatic carboxylic acids is 1. The van der Waals surface area contributed by atoms with Crippen LogP contribution in [0.25, 0.3) is 0 Å². The fourth-order valence-corrected chi connectivity index (χ4v) is 3.81. The molecule has 1 aliphatic heterocycles. The fraction of sp³-hybridized carbons (Fsp3) is 0.900. The second-order valence-electron chi connectivity index (χ2n) is 5.43. The lowest BCUT2D eigenvalue weighted by molar-refractivity contribution is -0.144. The molecule has 0 aliphatic carbocycles. The minimum absolute atomic E-state index is 0.0375. The van der Waals surface area contributed by atoms with E-state index >= 15 is 0 Å². The highest BCUT2D eigenvalue weighted by Gasteiger charge is 2.52. The first-order chi connectivity index (χ1) is 10.1. The van der Waals surface area contributed by atoms with Gasteiger partial charge in [-0.1, -0.05) is 6.42 Å². The van der Waals surface area contributed by atoms with Crippen molar-refractivity contribution < 1.29 is 28.4 Å². The molecule has 1 heterocycles. The van der Waals surface area contributed by atoms with Crippen LogP contribution in [0.4, 0.5) is 0 Å². The predicted octanol–water partition coefficient (Wildman–Crippen LogP) is -3.25. The van der Waals surface area contributed by atoms with Crippen LogP contribution in [0.15, 0.2) is 0 Å². The van der Waals surface area contributed by atoms with Crippen molar-refractivity contribution in [1.29, 1.82) is 0 Å². The Morgan fingerprint density at radius 3 is 2.59 bits per heavy atom. The minimum Gasteiger partial charge on any atom is -0.480 e. The van der Waals surface area contributed by atoms with Gasteiger partial charge >= 0.3 is 13.1 Å². The van der Waals surface area contributed by atoms with Crippen LogP contribution in [-0.4, -0.2) is 72.7 Å². The molecule has 2 atom stereocenters. The molecule has 0 aromatic rings. The topological polar surface area (TPSA) is 179 Å². The molecule has 0 amide bonds. The summed E-state index contributed by atoms with van der Waals surface area (Å²) in [5, 5.41) is 27.0. The summed E-state index contributed by atoms with van der Waals surface area (Å²) in [4.78, 5) is 11.4. The molecule has 0 saturated carbocycles. The van der Waals surface area contributed by atoms with E-state index in [0.29, 0.717) is 6.42 Å². The Hall–Kier alpha value is -0.755. The summed E-state index contributed by atoms with van der Waals surface area (Å²) in [6.45, 7) is -0.207. The highest BCUT2D eigenvalue weighted by molar-refractivity contribution is 7.87. The maximum absolute atomic E-state index is 12.1. The van der Waals surface area contributed by atoms with E-state index in [2.05, 4.69) is 4.72 Å². The molecule has 0 aromatic carbocycles. The van der Waals surface area contributed by atoms with Gasteiger partial charge in [0.1, 0.15) is 5.54 Å². The van der Waals surface area contributed by atoms with Crippen LogP contribution in [0.3, 0.4) is 0 Å². The molecule has 0 radical (unpaired) electrons. The third kappa shape index (κ3) is 4.62. The number of carboxylic acid groups (broad SMARTS) is 1. The Bertz CT molecular complexity index is 490. The predicted molar refractivity (Wildman–Crippen MR) is 79.8 cm³/mol. The van der Waals surface area contributed by atoms with Crippen molar-refractivity contribution >= 4 is 23.3 Å². The zero-order chi connectivity index (χ0) is 17.0. The van der Waals surface area contributed by atoms with Crippen LogP contribution in [0, 0.1) is 5.92 Å². The number of carbonyl (C=O) groups is 1. The van der Waals surface area contributed by atoms with E-state index in [1.165, 1.54) is 0 Å². The molecule has 1 saturated heterocycles. The number of hydrogen-bond donors (Lipinski definition) is 6. The molecule has 8 N–H and O–H groups in total. The maximum atomic E-state index is 12.1. The number of carboxylic acids is 1. The lowest BCUT2D eigenvalue weighted by atomic mass is 9.78. The van der Waals surface area contributed by atoms with Crippen molar-refractivity contribution in [3.05, 3.63) is 0 Å². The van der Waals surface area contributed by atoms with Crippen LogP contribution in [0.1, 0.15) is 12.8 Å². The Labute approximate surface area is 129 Å². The van der Waals surface area contributed by atoms with Gasteiger partial charge in [0.25, 0.3) is 10.2 Å². The second kappa shape index (κ2) is 7.68. The average molecular weight is 338 g/mol. The summed E-state index contributed by atoms with van der Waals surface area (Å²) >= 11 is 0. The molecular weight excluding hydrogens is 315 g/mol. The van der Waals surface area contributed by atoms with Crippen molar-refractivity contribution in [3.63, 3.8) is 0 Å². The van der Waals surface area contributed by atoms with Gasteiger partial charge in [-0.05, 0) is 12.7 Å². The van der Waals surface area contributed by atoms with E-state index in [4.69, 9.17) is 21.5 Å². The summed E-state index contributed by atoms with van der Waals surface area (Å²) in [7, 11) is -5.32. The van der Waals surface area contributed by atoms with E-state index < -0.39 is 34.8 Å². The van der Waals surface area contributed by atoms with Crippen LogP contribution in [-0.2, 0) is 15.0 Å². The Morgan fingerprint density at radius 2 is 2.09 bits per heavy atom. The summed E-state index contributed by atoms with van der Waals surface area (Å²) in [5.74, 6) is -1.89. The largest absolute Gasteiger partial charge is 0.480 e. The average Bonchev–Trinajstić information content (AvgIpc) is 2.76. The van der Waals surface area contributed by atoms with Crippen molar-refractivity contribution in [2.45, 2.75) is 24.7 Å². The number of nitrogens with zero attached hydrogens (tertiary/aromatic N) is 1. The molecule has 22 heavy (non-hydrogen) atoms. The summed E-state index contributed by atoms with van der Waals surface area (Å²) in [5.41, 5.74) is 9.44. The van der Waals surface area contributed by atoms with Crippen molar-refractivity contribution in [3.8, 4) is 0 Å². The van der Waals surface area contributed by atoms with Crippen LogP contribution in [0.2, 0.25) is 6.32 Å². The third-order valence-electron chi connectivity index (χ3n) is 3.77. The van der Waals surface area contributed by atoms with E-state index in [1.54, 1.807) is 0 Å². The first-order valence-electron chi connectivity index (χ1n) is 6.96. The van der Waals surface area contributed by atoms with Crippen LogP contribution < -0.4 is 16.2 Å². The molecule has 12 heteroatoms. The van der Waals surface area contributed by atoms with Crippen LogP contribution in [0.5, 0.6) is 0 Å². The summed E-state index contributed by atoms with van der Waals surface area (Å²) in [6.07, 6.45) is 0.687. The molecule has 0 unspecified atom stereocenters. The zero-order valence-corrected chi connectivity index (χ0v) is 13.0. The lowest BCUT2D eigenvalue weighted by Gasteiger charge is -2.25. The standard InChI is InChI=1S/C10H23BN4O6S/c12-4-5-14-22(20,21)15-6-8(2-1-3-11(18)19)10(13,7-15)9(16)17/h8,14,18-19H,1-7,12-13H2,(H,16,17)/t8-,10-/m0/s1. The first kappa shape index (κ1) is 19.3. The van der Waals surface area contributed by atoms with Crippen molar-refractivity contribution in [1.82, 2.24) is 9.03 Å². The van der Waals surface area contributed by atoms with E-state index in [0.717, 1.165) is 4.31 Å². The van der Waals surface area contributed by atoms with Gasteiger partial charge in [0.2, 0.25) is 0 Å². The molecule has 1 rings (SSSR count). The van der Waals surface area contributed by atoms with Crippen LogP contribution >= 0.6 is 0 Å². The Morgan fingerprint density at radius 1 is 1.45 bits per heavy atom. The van der Waals surface area contributed by atoms with Gasteiger partial charge in [-0.15, -0.1) is 0 Å². The van der Waals surface area contributed by atoms with Gasteiger partial charge in [0.15, 0.2) is 0 Å². The number of hydrogen-bond acceptors (Lipinski definition) is 7. The zero-order valence-electron chi connectivity index (χ0n) is 12.2. The van der Waals surface area contributed by atoms with Gasteiger partial charge in [-0.25, -0.2) is 4.72 Å². The minimum atomic E-state index is -3.84.